The molecule has 4 saturated carbocycles. The van der Waals surface area contributed by atoms with E-state index in [-0.39, 0.29) is 5.60 Å². The first kappa shape index (κ1) is 8.05. The molecule has 72 valence electrons. The SMILES string of the molecule is C=C1[C@@H]2CC3C[C@H]1CC(OC)(C3)C2. The van der Waals surface area contributed by atoms with Crippen molar-refractivity contribution in [3.05, 3.63) is 12.2 Å². The highest BCUT2D eigenvalue weighted by atomic mass is 16.5. The number of rotatable bonds is 1. The van der Waals surface area contributed by atoms with E-state index in [2.05, 4.69) is 6.58 Å². The second-order valence-electron chi connectivity index (χ2n) is 5.31. The van der Waals surface area contributed by atoms with E-state index in [0.29, 0.717) is 0 Å². The first-order valence-electron chi connectivity index (χ1n) is 5.46. The Kier molecular flexibility index (Phi) is 1.48. The zero-order valence-electron chi connectivity index (χ0n) is 8.38. The van der Waals surface area contributed by atoms with Gasteiger partial charge < -0.3 is 4.74 Å². The first-order valence-corrected chi connectivity index (χ1v) is 5.46. The van der Waals surface area contributed by atoms with Gasteiger partial charge in [0.05, 0.1) is 5.60 Å². The second-order valence-corrected chi connectivity index (χ2v) is 5.31. The molecule has 4 rings (SSSR count). The highest BCUT2D eigenvalue weighted by Gasteiger charge is 2.52. The van der Waals surface area contributed by atoms with Gasteiger partial charge in [-0.1, -0.05) is 12.2 Å². The van der Waals surface area contributed by atoms with Crippen molar-refractivity contribution in [1.82, 2.24) is 0 Å². The molecule has 0 spiro atoms. The lowest BCUT2D eigenvalue weighted by molar-refractivity contribution is -0.124. The molecule has 0 amide bonds. The van der Waals surface area contributed by atoms with Crippen LogP contribution in [0.1, 0.15) is 32.1 Å². The molecular weight excluding hydrogens is 160 g/mol. The van der Waals surface area contributed by atoms with Crippen molar-refractivity contribution in [3.63, 3.8) is 0 Å². The Morgan fingerprint density at radius 1 is 1.23 bits per heavy atom. The molecule has 4 aliphatic carbocycles. The van der Waals surface area contributed by atoms with Crippen LogP contribution in [-0.2, 0) is 4.74 Å². The van der Waals surface area contributed by atoms with Crippen LogP contribution in [0.4, 0.5) is 0 Å². The maximum atomic E-state index is 5.76. The van der Waals surface area contributed by atoms with Crippen LogP contribution in [0.15, 0.2) is 12.2 Å². The van der Waals surface area contributed by atoms with Crippen LogP contribution in [0.2, 0.25) is 0 Å². The molecule has 0 aromatic heterocycles. The average Bonchev–Trinajstić information content (AvgIpc) is 2.13. The molecule has 0 aliphatic heterocycles. The molecule has 1 heteroatoms. The van der Waals surface area contributed by atoms with Gasteiger partial charge in [-0.3, -0.25) is 0 Å². The van der Waals surface area contributed by atoms with E-state index in [9.17, 15) is 0 Å². The summed E-state index contributed by atoms with van der Waals surface area (Å²) in [6.07, 6.45) is 6.65. The lowest BCUT2D eigenvalue weighted by Crippen LogP contribution is -2.52. The minimum Gasteiger partial charge on any atom is -0.378 e. The quantitative estimate of drug-likeness (QED) is 0.561. The van der Waals surface area contributed by atoms with Gasteiger partial charge in [-0.2, -0.15) is 0 Å². The predicted molar refractivity (Wildman–Crippen MR) is 52.4 cm³/mol. The predicted octanol–water partition coefficient (Wildman–Crippen LogP) is 2.77. The first-order chi connectivity index (χ1) is 6.22. The van der Waals surface area contributed by atoms with Crippen LogP contribution in [0.5, 0.6) is 0 Å². The van der Waals surface area contributed by atoms with Gasteiger partial charge in [0.1, 0.15) is 0 Å². The highest BCUT2D eigenvalue weighted by molar-refractivity contribution is 5.20. The number of hydrogen-bond donors (Lipinski definition) is 0. The molecule has 2 unspecified atom stereocenters. The van der Waals surface area contributed by atoms with Gasteiger partial charge >= 0.3 is 0 Å². The standard InChI is InChI=1S/C12H18O/c1-8-10-3-9-4-11(8)7-12(5-9,6-10)13-2/h9-11H,1,3-7H2,2H3/t9?,10-,11+,12?. The minimum absolute atomic E-state index is 0.262. The van der Waals surface area contributed by atoms with Crippen LogP contribution in [-0.4, -0.2) is 12.7 Å². The van der Waals surface area contributed by atoms with E-state index >= 15 is 0 Å². The van der Waals surface area contributed by atoms with E-state index < -0.39 is 0 Å². The van der Waals surface area contributed by atoms with E-state index in [1.54, 1.807) is 5.57 Å². The third kappa shape index (κ3) is 0.969. The molecule has 0 aromatic carbocycles. The normalized spacial score (nSPS) is 53.0. The molecule has 13 heavy (non-hydrogen) atoms. The smallest absolute Gasteiger partial charge is 0.0692 e. The van der Waals surface area contributed by atoms with Crippen molar-refractivity contribution in [2.75, 3.05) is 7.11 Å². The fourth-order valence-electron chi connectivity index (χ4n) is 4.06. The number of ether oxygens (including phenoxy) is 1. The summed E-state index contributed by atoms with van der Waals surface area (Å²) in [7, 11) is 1.90. The summed E-state index contributed by atoms with van der Waals surface area (Å²) in [6, 6.07) is 0. The summed E-state index contributed by atoms with van der Waals surface area (Å²) in [4.78, 5) is 0. The highest BCUT2D eigenvalue weighted by Crippen LogP contribution is 2.58. The summed E-state index contributed by atoms with van der Waals surface area (Å²) >= 11 is 0. The van der Waals surface area contributed by atoms with Gasteiger partial charge in [0.15, 0.2) is 0 Å². The molecular formula is C12H18O. The zero-order valence-corrected chi connectivity index (χ0v) is 8.38. The van der Waals surface area contributed by atoms with E-state index in [4.69, 9.17) is 4.74 Å². The lowest BCUT2D eigenvalue weighted by atomic mass is 9.52. The Hall–Kier alpha value is -0.300. The van der Waals surface area contributed by atoms with Crippen LogP contribution in [0.3, 0.4) is 0 Å². The van der Waals surface area contributed by atoms with Gasteiger partial charge in [0.2, 0.25) is 0 Å². The van der Waals surface area contributed by atoms with E-state index in [1.165, 1.54) is 32.1 Å². The Bertz CT molecular complexity index is 238. The van der Waals surface area contributed by atoms with Crippen LogP contribution in [0.25, 0.3) is 0 Å². The lowest BCUT2D eigenvalue weighted by Gasteiger charge is -2.56. The summed E-state index contributed by atoms with van der Waals surface area (Å²) < 4.78 is 5.76. The molecule has 4 fully saturated rings. The van der Waals surface area contributed by atoms with Crippen molar-refractivity contribution < 1.29 is 4.74 Å². The van der Waals surface area contributed by atoms with Crippen molar-refractivity contribution in [3.8, 4) is 0 Å². The fourth-order valence-corrected chi connectivity index (χ4v) is 4.06. The van der Waals surface area contributed by atoms with E-state index in [0.717, 1.165) is 17.8 Å². The summed E-state index contributed by atoms with van der Waals surface area (Å²) in [5.74, 6) is 2.54. The van der Waals surface area contributed by atoms with Crippen molar-refractivity contribution >= 4 is 0 Å². The van der Waals surface area contributed by atoms with Crippen LogP contribution < -0.4 is 0 Å². The van der Waals surface area contributed by atoms with Crippen LogP contribution in [0, 0.1) is 17.8 Å². The molecule has 0 N–H and O–H groups in total. The largest absolute Gasteiger partial charge is 0.378 e. The topological polar surface area (TPSA) is 9.23 Å². The maximum absolute atomic E-state index is 5.76. The van der Waals surface area contributed by atoms with Gasteiger partial charge in [-0.05, 0) is 49.9 Å². The molecule has 4 atom stereocenters. The van der Waals surface area contributed by atoms with Gasteiger partial charge in [-0.15, -0.1) is 0 Å². The number of hydrogen-bond acceptors (Lipinski definition) is 1. The minimum atomic E-state index is 0.262. The number of allylic oxidation sites excluding steroid dienone is 1. The zero-order chi connectivity index (χ0) is 9.05. The summed E-state index contributed by atoms with van der Waals surface area (Å²) in [5, 5.41) is 0. The monoisotopic (exact) mass is 178 g/mol. The average molecular weight is 178 g/mol. The van der Waals surface area contributed by atoms with Crippen LogP contribution >= 0.6 is 0 Å². The molecule has 4 bridgehead atoms. The molecule has 0 radical (unpaired) electrons. The Morgan fingerprint density at radius 2 is 1.85 bits per heavy atom. The van der Waals surface area contributed by atoms with Gasteiger partial charge in [0.25, 0.3) is 0 Å². The Balaban J connectivity index is 1.96. The van der Waals surface area contributed by atoms with Crippen molar-refractivity contribution in [2.24, 2.45) is 17.8 Å². The Morgan fingerprint density at radius 3 is 2.38 bits per heavy atom. The third-order valence-electron chi connectivity index (χ3n) is 4.61. The maximum Gasteiger partial charge on any atom is 0.0692 e. The summed E-state index contributed by atoms with van der Waals surface area (Å²) in [5.41, 5.74) is 1.81. The Labute approximate surface area is 80.2 Å². The molecule has 0 heterocycles. The fraction of sp³-hybridized carbons (Fsp3) is 0.833. The van der Waals surface area contributed by atoms with Gasteiger partial charge in [-0.25, -0.2) is 0 Å². The van der Waals surface area contributed by atoms with E-state index in [1.807, 2.05) is 7.11 Å². The molecule has 0 saturated heterocycles. The summed E-state index contributed by atoms with van der Waals surface area (Å²) in [6.45, 7) is 4.26. The van der Waals surface area contributed by atoms with Crippen molar-refractivity contribution in [2.45, 2.75) is 37.7 Å². The second kappa shape index (κ2) is 2.38. The molecule has 0 aromatic rings. The third-order valence-corrected chi connectivity index (χ3v) is 4.61. The number of methoxy groups -OCH3 is 1. The molecule has 4 aliphatic rings. The van der Waals surface area contributed by atoms with Crippen molar-refractivity contribution in [1.29, 1.82) is 0 Å². The van der Waals surface area contributed by atoms with Gasteiger partial charge in [0, 0.05) is 7.11 Å². The molecule has 1 nitrogen and oxygen atoms in total.